The van der Waals surface area contributed by atoms with Gasteiger partial charge in [-0.3, -0.25) is 9.59 Å². The quantitative estimate of drug-likeness (QED) is 0.681. The van der Waals surface area contributed by atoms with Crippen molar-refractivity contribution in [3.8, 4) is 5.75 Å². The summed E-state index contributed by atoms with van der Waals surface area (Å²) in [5.74, 6) is -0.797. The highest BCUT2D eigenvalue weighted by atomic mass is 32.2. The van der Waals surface area contributed by atoms with Crippen LogP contribution in [0.4, 0.5) is 5.00 Å². The molecule has 0 aliphatic carbocycles. The predicted molar refractivity (Wildman–Crippen MR) is 104 cm³/mol. The van der Waals surface area contributed by atoms with Crippen LogP contribution in [0.5, 0.6) is 5.75 Å². The number of hydrogen-bond acceptors (Lipinski definition) is 7. The fourth-order valence-electron chi connectivity index (χ4n) is 1.78. The van der Waals surface area contributed by atoms with Crippen LogP contribution >= 0.6 is 11.3 Å². The van der Waals surface area contributed by atoms with Gasteiger partial charge in [0.25, 0.3) is 11.8 Å². The number of nitrogens with one attached hydrogen (secondary N) is 1. The number of carbonyl (C=O) groups excluding carboxylic acids is 2. The molecule has 1 aromatic heterocycles. The number of amides is 2. The van der Waals surface area contributed by atoms with Crippen LogP contribution in [0, 0.1) is 0 Å². The highest BCUT2D eigenvalue weighted by Gasteiger charge is 2.25. The van der Waals surface area contributed by atoms with Gasteiger partial charge in [0.2, 0.25) is 0 Å². The standard InChI is InChI=1S/C9H12N2O3S.C8H10O3S/c1-9(2,14)8(13)11-7-5(6(10)12)3-4-15-7;1-11-7-5-3-4-6-8(7)12(2,9)10/h3-4,14H,1-2H3,(H2,10,12)(H,11,13);3-6H,1-2H3. The first kappa shape index (κ1) is 22.6. The van der Waals surface area contributed by atoms with E-state index < -0.39 is 27.3 Å². The molecular weight excluding hydrogens is 392 g/mol. The first-order valence-corrected chi connectivity index (χ1v) is 10.4. The lowest BCUT2D eigenvalue weighted by molar-refractivity contribution is -0.130. The van der Waals surface area contributed by atoms with Crippen molar-refractivity contribution in [3.63, 3.8) is 0 Å². The van der Waals surface area contributed by atoms with E-state index in [1.807, 2.05) is 0 Å². The summed E-state index contributed by atoms with van der Waals surface area (Å²) < 4.78 is 27.2. The number of hydrogen-bond donors (Lipinski definition) is 3. The van der Waals surface area contributed by atoms with E-state index in [9.17, 15) is 23.1 Å². The van der Waals surface area contributed by atoms with Gasteiger partial charge in [-0.15, -0.1) is 11.3 Å². The van der Waals surface area contributed by atoms with E-state index >= 15 is 0 Å². The Balaban J connectivity index is 0.000000277. The number of carbonyl (C=O) groups is 2. The molecule has 8 nitrogen and oxygen atoms in total. The van der Waals surface area contributed by atoms with E-state index in [2.05, 4.69) is 5.32 Å². The average Bonchev–Trinajstić information content (AvgIpc) is 3.02. The molecule has 1 heterocycles. The van der Waals surface area contributed by atoms with Gasteiger partial charge in [-0.25, -0.2) is 8.42 Å². The summed E-state index contributed by atoms with van der Waals surface area (Å²) in [6.45, 7) is 2.72. The molecule has 0 atom stereocenters. The van der Waals surface area contributed by atoms with Crippen LogP contribution in [0.1, 0.15) is 24.2 Å². The lowest BCUT2D eigenvalue weighted by atomic mass is 10.1. The number of methoxy groups -OCH3 is 1. The summed E-state index contributed by atoms with van der Waals surface area (Å²) >= 11 is 1.18. The lowest BCUT2D eigenvalue weighted by Gasteiger charge is -2.16. The van der Waals surface area contributed by atoms with Crippen LogP contribution < -0.4 is 15.8 Å². The molecule has 0 aliphatic heterocycles. The summed E-state index contributed by atoms with van der Waals surface area (Å²) in [7, 11) is -1.72. The Kier molecular flexibility index (Phi) is 7.52. The second kappa shape index (κ2) is 8.98. The minimum Gasteiger partial charge on any atom is -0.495 e. The minimum absolute atomic E-state index is 0.229. The molecule has 0 saturated carbocycles. The minimum atomic E-state index is -3.17. The Morgan fingerprint density at radius 1 is 1.22 bits per heavy atom. The van der Waals surface area contributed by atoms with Crippen molar-refractivity contribution >= 4 is 38.0 Å². The van der Waals surface area contributed by atoms with E-state index in [1.165, 1.54) is 44.4 Å². The summed E-state index contributed by atoms with van der Waals surface area (Å²) in [5, 5.41) is 13.8. The predicted octanol–water partition coefficient (Wildman–Crippen LogP) is 1.66. The van der Waals surface area contributed by atoms with E-state index in [-0.39, 0.29) is 10.5 Å². The van der Waals surface area contributed by atoms with Crippen LogP contribution in [0.2, 0.25) is 0 Å². The maximum absolute atomic E-state index is 11.4. The smallest absolute Gasteiger partial charge is 0.256 e. The molecule has 0 bridgehead atoms. The normalized spacial score (nSPS) is 11.1. The van der Waals surface area contributed by atoms with E-state index in [1.54, 1.807) is 23.6 Å². The molecule has 2 amide bonds. The molecule has 0 radical (unpaired) electrons. The zero-order valence-corrected chi connectivity index (χ0v) is 17.0. The maximum Gasteiger partial charge on any atom is 0.256 e. The van der Waals surface area contributed by atoms with Crippen molar-refractivity contribution in [2.75, 3.05) is 18.7 Å². The number of anilines is 1. The third kappa shape index (κ3) is 6.66. The molecule has 10 heteroatoms. The second-order valence-electron chi connectivity index (χ2n) is 5.96. The molecule has 0 aliphatic rings. The SMILES string of the molecule is CC(C)(O)C(=O)Nc1sccc1C(N)=O.COc1ccccc1S(C)(=O)=O. The van der Waals surface area contributed by atoms with Gasteiger partial charge in [0.05, 0.1) is 12.7 Å². The zero-order valence-electron chi connectivity index (χ0n) is 15.3. The number of aliphatic hydroxyl groups is 1. The number of primary amides is 1. The van der Waals surface area contributed by atoms with Gasteiger partial charge in [0.15, 0.2) is 9.84 Å². The first-order chi connectivity index (χ1) is 12.4. The number of benzene rings is 1. The molecule has 0 unspecified atom stereocenters. The zero-order chi connectivity index (χ0) is 20.8. The molecule has 4 N–H and O–H groups in total. The molecule has 1 aromatic carbocycles. The summed E-state index contributed by atoms with van der Waals surface area (Å²) in [6.07, 6.45) is 1.16. The average molecular weight is 415 g/mol. The van der Waals surface area contributed by atoms with Crippen molar-refractivity contribution in [3.05, 3.63) is 41.3 Å². The van der Waals surface area contributed by atoms with E-state index in [0.29, 0.717) is 10.8 Å². The monoisotopic (exact) mass is 414 g/mol. The summed E-state index contributed by atoms with van der Waals surface area (Å²) in [5.41, 5.74) is 3.86. The van der Waals surface area contributed by atoms with E-state index in [4.69, 9.17) is 10.5 Å². The third-order valence-electron chi connectivity index (χ3n) is 3.18. The fraction of sp³-hybridized carbons (Fsp3) is 0.294. The largest absolute Gasteiger partial charge is 0.495 e. The third-order valence-corrected chi connectivity index (χ3v) is 5.15. The number of sulfone groups is 1. The number of rotatable bonds is 5. The Morgan fingerprint density at radius 2 is 1.81 bits per heavy atom. The number of ether oxygens (including phenoxy) is 1. The molecule has 0 spiro atoms. The Bertz CT molecular complexity index is 914. The van der Waals surface area contributed by atoms with Gasteiger partial charge >= 0.3 is 0 Å². The van der Waals surface area contributed by atoms with Crippen molar-refractivity contribution in [1.29, 1.82) is 0 Å². The van der Waals surface area contributed by atoms with Gasteiger partial charge in [0, 0.05) is 6.26 Å². The highest BCUT2D eigenvalue weighted by molar-refractivity contribution is 7.90. The highest BCUT2D eigenvalue weighted by Crippen LogP contribution is 2.24. The van der Waals surface area contributed by atoms with E-state index in [0.717, 1.165) is 6.26 Å². The summed E-state index contributed by atoms with van der Waals surface area (Å²) in [4.78, 5) is 22.6. The van der Waals surface area contributed by atoms with Gasteiger partial charge in [-0.2, -0.15) is 0 Å². The number of para-hydroxylation sites is 1. The molecule has 2 aromatic rings. The number of nitrogens with two attached hydrogens (primary N) is 1. The van der Waals surface area contributed by atoms with Crippen LogP contribution in [0.25, 0.3) is 0 Å². The maximum atomic E-state index is 11.4. The summed E-state index contributed by atoms with van der Waals surface area (Å²) in [6, 6.07) is 8.06. The van der Waals surface area contributed by atoms with Crippen LogP contribution in [-0.4, -0.2) is 44.3 Å². The molecule has 0 fully saturated rings. The Hall–Kier alpha value is -2.43. The van der Waals surface area contributed by atoms with Crippen molar-refractivity contribution in [1.82, 2.24) is 0 Å². The first-order valence-electron chi connectivity index (χ1n) is 7.62. The van der Waals surface area contributed by atoms with Crippen molar-refractivity contribution in [2.45, 2.75) is 24.3 Å². The molecular formula is C17H22N2O6S2. The topological polar surface area (TPSA) is 136 Å². The lowest BCUT2D eigenvalue weighted by Crippen LogP contribution is -2.36. The van der Waals surface area contributed by atoms with Gasteiger partial charge in [-0.1, -0.05) is 12.1 Å². The van der Waals surface area contributed by atoms with Gasteiger partial charge in [-0.05, 0) is 37.4 Å². The van der Waals surface area contributed by atoms with Gasteiger partial charge < -0.3 is 20.9 Å². The number of thiophene rings is 1. The molecule has 2 rings (SSSR count). The molecule has 148 valence electrons. The fourth-order valence-corrected chi connectivity index (χ4v) is 3.41. The van der Waals surface area contributed by atoms with Gasteiger partial charge in [0.1, 0.15) is 21.2 Å². The second-order valence-corrected chi connectivity index (χ2v) is 8.86. The van der Waals surface area contributed by atoms with Crippen LogP contribution in [-0.2, 0) is 14.6 Å². The Labute approximate surface area is 161 Å². The van der Waals surface area contributed by atoms with Crippen LogP contribution in [0.15, 0.2) is 40.6 Å². The molecule has 0 saturated heterocycles. The van der Waals surface area contributed by atoms with Crippen molar-refractivity contribution < 1.29 is 27.9 Å². The van der Waals surface area contributed by atoms with Crippen molar-refractivity contribution in [2.24, 2.45) is 5.73 Å². The molecule has 27 heavy (non-hydrogen) atoms. The van der Waals surface area contributed by atoms with Crippen LogP contribution in [0.3, 0.4) is 0 Å². The Morgan fingerprint density at radius 3 is 2.26 bits per heavy atom.